The number of hydrogen-bond donors (Lipinski definition) is 4. The molecule has 0 rings (SSSR count). The van der Waals surface area contributed by atoms with Crippen molar-refractivity contribution < 1.29 is 19.7 Å². The van der Waals surface area contributed by atoms with Crippen molar-refractivity contribution in [3.8, 4) is 0 Å². The van der Waals surface area contributed by atoms with E-state index in [0.717, 1.165) is 0 Å². The molecular weight excluding hydrogens is 152 g/mol. The molecule has 0 aliphatic carbocycles. The number of carbonyl (C=O) groups excluding carboxylic acids is 1. The molecule has 6 nitrogen and oxygen atoms in total. The quantitative estimate of drug-likeness (QED) is 0.359. The van der Waals surface area contributed by atoms with Crippen molar-refractivity contribution in [1.29, 1.82) is 0 Å². The fourth-order valence-electron chi connectivity index (χ4n) is 0.359. The van der Waals surface area contributed by atoms with E-state index in [-0.39, 0.29) is 13.3 Å². The molecule has 0 aromatic rings. The van der Waals surface area contributed by atoms with Gasteiger partial charge in [-0.15, -0.1) is 0 Å². The van der Waals surface area contributed by atoms with Gasteiger partial charge in [-0.2, -0.15) is 0 Å². The molecule has 0 saturated carbocycles. The maximum atomic E-state index is 10.5. The minimum Gasteiger partial charge on any atom is -0.447 e. The second-order valence-corrected chi connectivity index (χ2v) is 1.82. The molecule has 0 bridgehead atoms. The summed E-state index contributed by atoms with van der Waals surface area (Å²) in [5.74, 6) is 0. The first-order chi connectivity index (χ1) is 5.20. The lowest BCUT2D eigenvalue weighted by Gasteiger charge is -2.07. The normalized spacial score (nSPS) is 12.3. The molecule has 6 heteroatoms. The van der Waals surface area contributed by atoms with Crippen LogP contribution in [0.4, 0.5) is 4.79 Å². The lowest BCUT2D eigenvalue weighted by molar-refractivity contribution is 0.0322. The summed E-state index contributed by atoms with van der Waals surface area (Å²) in [5, 5.41) is 19.1. The lowest BCUT2D eigenvalue weighted by Crippen LogP contribution is -2.32. The highest BCUT2D eigenvalue weighted by Gasteiger charge is 2.05. The summed E-state index contributed by atoms with van der Waals surface area (Å²) < 4.78 is 4.40. The molecule has 66 valence electrons. The van der Waals surface area contributed by atoms with Crippen LogP contribution in [-0.2, 0) is 4.74 Å². The Kier molecular flexibility index (Phi) is 5.44. The highest BCUT2D eigenvalue weighted by molar-refractivity contribution is 5.66. The fraction of sp³-hybridized carbons (Fsp3) is 0.800. The predicted molar refractivity (Wildman–Crippen MR) is 36.6 cm³/mol. The van der Waals surface area contributed by atoms with Crippen molar-refractivity contribution in [3.63, 3.8) is 0 Å². The van der Waals surface area contributed by atoms with Gasteiger partial charge in [0.05, 0.1) is 13.3 Å². The van der Waals surface area contributed by atoms with Crippen LogP contribution < -0.4 is 11.1 Å². The molecule has 0 aliphatic heterocycles. The van der Waals surface area contributed by atoms with Crippen LogP contribution in [0.1, 0.15) is 0 Å². The first-order valence-electron chi connectivity index (χ1n) is 3.10. The van der Waals surface area contributed by atoms with Crippen LogP contribution in [0, 0.1) is 0 Å². The molecule has 0 spiro atoms. The fourth-order valence-corrected chi connectivity index (χ4v) is 0.359. The van der Waals surface area contributed by atoms with Crippen molar-refractivity contribution in [3.05, 3.63) is 0 Å². The van der Waals surface area contributed by atoms with Crippen molar-refractivity contribution in [1.82, 2.24) is 5.32 Å². The third kappa shape index (κ3) is 5.59. The minimum atomic E-state index is -1.03. The van der Waals surface area contributed by atoms with Crippen LogP contribution in [0.2, 0.25) is 0 Å². The van der Waals surface area contributed by atoms with E-state index in [9.17, 15) is 4.79 Å². The highest BCUT2D eigenvalue weighted by Crippen LogP contribution is 1.83. The van der Waals surface area contributed by atoms with Crippen LogP contribution in [0.5, 0.6) is 0 Å². The molecule has 0 saturated heterocycles. The van der Waals surface area contributed by atoms with E-state index in [1.807, 2.05) is 0 Å². The van der Waals surface area contributed by atoms with Gasteiger partial charge in [0.15, 0.2) is 0 Å². The zero-order valence-electron chi connectivity index (χ0n) is 5.99. The molecule has 0 heterocycles. The third-order valence-corrected chi connectivity index (χ3v) is 0.864. The van der Waals surface area contributed by atoms with Gasteiger partial charge in [-0.05, 0) is 0 Å². The van der Waals surface area contributed by atoms with Gasteiger partial charge in [0.1, 0.15) is 12.7 Å². The molecule has 0 fully saturated rings. The number of nitrogens with two attached hydrogens (primary N) is 1. The first kappa shape index (κ1) is 10.2. The molecular formula is C5H12N2O4. The van der Waals surface area contributed by atoms with E-state index < -0.39 is 18.8 Å². The van der Waals surface area contributed by atoms with Crippen molar-refractivity contribution in [2.75, 3.05) is 19.9 Å². The number of aliphatic hydroxyl groups excluding tert-OH is 2. The van der Waals surface area contributed by atoms with E-state index >= 15 is 0 Å². The Morgan fingerprint density at radius 3 is 2.82 bits per heavy atom. The van der Waals surface area contributed by atoms with Crippen molar-refractivity contribution in [2.45, 2.75) is 6.10 Å². The maximum Gasteiger partial charge on any atom is 0.408 e. The standard InChI is InChI=1S/C5H12N2O4/c6-3-7-5(10)11-2-4(9)1-8/h4,8-9H,1-3,6H2,(H,7,10). The molecule has 1 amide bonds. The minimum absolute atomic E-state index is 0.0198. The Hall–Kier alpha value is -0.850. The predicted octanol–water partition coefficient (Wildman–Crippen LogP) is -2.02. The van der Waals surface area contributed by atoms with Crippen molar-refractivity contribution >= 4 is 6.09 Å². The van der Waals surface area contributed by atoms with Crippen LogP contribution in [0.15, 0.2) is 0 Å². The average molecular weight is 164 g/mol. The number of alkyl carbamates (subject to hydrolysis) is 1. The van der Waals surface area contributed by atoms with Crippen LogP contribution >= 0.6 is 0 Å². The van der Waals surface area contributed by atoms with Gasteiger partial charge in [0.2, 0.25) is 0 Å². The number of nitrogens with one attached hydrogen (secondary N) is 1. The number of amides is 1. The number of ether oxygens (including phenoxy) is 1. The molecule has 5 N–H and O–H groups in total. The van der Waals surface area contributed by atoms with Gasteiger partial charge in [-0.3, -0.25) is 0 Å². The molecule has 1 atom stereocenters. The summed E-state index contributed by atoms with van der Waals surface area (Å²) in [6.45, 7) is -0.688. The van der Waals surface area contributed by atoms with Gasteiger partial charge in [-0.1, -0.05) is 0 Å². The first-order valence-corrected chi connectivity index (χ1v) is 3.10. The number of rotatable bonds is 4. The second-order valence-electron chi connectivity index (χ2n) is 1.82. The summed E-state index contributed by atoms with van der Waals surface area (Å²) in [6, 6.07) is 0. The van der Waals surface area contributed by atoms with E-state index in [2.05, 4.69) is 10.1 Å². The summed E-state index contributed by atoms with van der Waals surface area (Å²) in [4.78, 5) is 10.5. The van der Waals surface area contributed by atoms with E-state index in [0.29, 0.717) is 0 Å². The van der Waals surface area contributed by atoms with Crippen molar-refractivity contribution in [2.24, 2.45) is 5.73 Å². The smallest absolute Gasteiger partial charge is 0.408 e. The Bertz CT molecular complexity index is 119. The highest BCUT2D eigenvalue weighted by atomic mass is 16.6. The number of carbonyl (C=O) groups is 1. The molecule has 0 aromatic heterocycles. The van der Waals surface area contributed by atoms with Crippen LogP contribution in [-0.4, -0.2) is 42.3 Å². The van der Waals surface area contributed by atoms with Crippen LogP contribution in [0.3, 0.4) is 0 Å². The summed E-state index contributed by atoms with van der Waals surface area (Å²) in [7, 11) is 0. The topological polar surface area (TPSA) is 105 Å². The van der Waals surface area contributed by atoms with Crippen LogP contribution in [0.25, 0.3) is 0 Å². The largest absolute Gasteiger partial charge is 0.447 e. The Morgan fingerprint density at radius 1 is 1.73 bits per heavy atom. The molecule has 11 heavy (non-hydrogen) atoms. The lowest BCUT2D eigenvalue weighted by atomic mass is 10.4. The van der Waals surface area contributed by atoms with Gasteiger partial charge >= 0.3 is 6.09 Å². The molecule has 0 radical (unpaired) electrons. The zero-order valence-corrected chi connectivity index (χ0v) is 5.99. The Labute approximate surface area is 64.0 Å². The van der Waals surface area contributed by atoms with E-state index in [1.54, 1.807) is 0 Å². The Balaban J connectivity index is 3.30. The van der Waals surface area contributed by atoms with Gasteiger partial charge in [0.25, 0.3) is 0 Å². The monoisotopic (exact) mass is 164 g/mol. The SMILES string of the molecule is NCNC(=O)OCC(O)CO. The van der Waals surface area contributed by atoms with Gasteiger partial charge in [0, 0.05) is 0 Å². The number of aliphatic hydroxyl groups is 2. The third-order valence-electron chi connectivity index (χ3n) is 0.864. The summed E-state index contributed by atoms with van der Waals surface area (Å²) in [5.41, 5.74) is 4.94. The summed E-state index contributed by atoms with van der Waals surface area (Å²) in [6.07, 6.45) is -1.74. The molecule has 0 aromatic carbocycles. The maximum absolute atomic E-state index is 10.5. The van der Waals surface area contributed by atoms with E-state index in [4.69, 9.17) is 15.9 Å². The molecule has 1 unspecified atom stereocenters. The van der Waals surface area contributed by atoms with E-state index in [1.165, 1.54) is 0 Å². The number of hydrogen-bond acceptors (Lipinski definition) is 5. The van der Waals surface area contributed by atoms with Gasteiger partial charge in [-0.25, -0.2) is 4.79 Å². The zero-order chi connectivity index (χ0) is 8.69. The average Bonchev–Trinajstić information content (AvgIpc) is 2.01. The van der Waals surface area contributed by atoms with Gasteiger partial charge < -0.3 is 26.0 Å². The Morgan fingerprint density at radius 2 is 2.36 bits per heavy atom. The second kappa shape index (κ2) is 5.90. The summed E-state index contributed by atoms with van der Waals surface area (Å²) >= 11 is 0. The molecule has 0 aliphatic rings.